The average Bonchev–Trinajstić information content (AvgIpc) is 3.31. The van der Waals surface area contributed by atoms with E-state index in [2.05, 4.69) is 57.2 Å². The molecule has 386 valence electrons. The number of hydrogen-bond acceptors (Lipinski definition) is 6. The molecular weight excluding hydrogens is 817 g/mol. The van der Waals surface area contributed by atoms with Crippen LogP contribution in [0.15, 0.2) is 36.5 Å². The van der Waals surface area contributed by atoms with Crippen LogP contribution in [0, 0.1) is 0 Å². The summed E-state index contributed by atoms with van der Waals surface area (Å²) >= 11 is 0. The number of carbonyl (C=O) groups is 3. The lowest BCUT2D eigenvalue weighted by molar-refractivity contribution is -0.167. The van der Waals surface area contributed by atoms with Crippen LogP contribution in [0.4, 0.5) is 0 Å². The first-order valence-electron chi connectivity index (χ1n) is 29.0. The molecule has 0 amide bonds. The molecule has 0 spiro atoms. The molecule has 0 aromatic carbocycles. The molecule has 0 saturated carbocycles. The Hall–Kier alpha value is -2.37. The molecule has 0 N–H and O–H groups in total. The van der Waals surface area contributed by atoms with Gasteiger partial charge in [-0.3, -0.25) is 14.4 Å². The summed E-state index contributed by atoms with van der Waals surface area (Å²) in [6.07, 6.45) is 66.1. The van der Waals surface area contributed by atoms with Gasteiger partial charge in [-0.1, -0.05) is 250 Å². The second-order valence-corrected chi connectivity index (χ2v) is 19.6. The number of hydrogen-bond donors (Lipinski definition) is 0. The van der Waals surface area contributed by atoms with Crippen molar-refractivity contribution >= 4 is 17.9 Å². The summed E-state index contributed by atoms with van der Waals surface area (Å²) in [5.41, 5.74) is 0. The first kappa shape index (κ1) is 63.6. The van der Waals surface area contributed by atoms with Gasteiger partial charge in [0.2, 0.25) is 0 Å². The summed E-state index contributed by atoms with van der Waals surface area (Å²) < 4.78 is 16.7. The maximum Gasteiger partial charge on any atom is 0.306 e. The SMILES string of the molecule is CCCCCC/C=C\CCCCCCCC(=O)OC(COC(=O)CCCCCCCC)COC(=O)CCCCCCCCCCCCCCCCCCC/C=C\C/C=C\CCCCCCC. The van der Waals surface area contributed by atoms with Crippen LogP contribution in [0.5, 0.6) is 0 Å². The van der Waals surface area contributed by atoms with Gasteiger partial charge in [-0.15, -0.1) is 0 Å². The Bertz CT molecular complexity index is 1110. The summed E-state index contributed by atoms with van der Waals surface area (Å²) in [5, 5.41) is 0. The van der Waals surface area contributed by atoms with Crippen molar-refractivity contribution in [1.82, 2.24) is 0 Å². The number of rotatable bonds is 53. The molecule has 1 unspecified atom stereocenters. The molecule has 0 aromatic rings. The van der Waals surface area contributed by atoms with Gasteiger partial charge in [-0.05, 0) is 77.0 Å². The van der Waals surface area contributed by atoms with Crippen LogP contribution >= 0.6 is 0 Å². The van der Waals surface area contributed by atoms with Crippen molar-refractivity contribution in [3.63, 3.8) is 0 Å². The smallest absolute Gasteiger partial charge is 0.306 e. The van der Waals surface area contributed by atoms with Crippen LogP contribution < -0.4 is 0 Å². The van der Waals surface area contributed by atoms with Gasteiger partial charge in [-0.25, -0.2) is 0 Å². The van der Waals surface area contributed by atoms with Gasteiger partial charge in [0.25, 0.3) is 0 Å². The highest BCUT2D eigenvalue weighted by molar-refractivity contribution is 5.71. The van der Waals surface area contributed by atoms with Crippen molar-refractivity contribution in [3.05, 3.63) is 36.5 Å². The molecule has 66 heavy (non-hydrogen) atoms. The molecule has 0 radical (unpaired) electrons. The third kappa shape index (κ3) is 52.6. The van der Waals surface area contributed by atoms with Gasteiger partial charge < -0.3 is 14.2 Å². The van der Waals surface area contributed by atoms with E-state index in [0.29, 0.717) is 19.3 Å². The highest BCUT2D eigenvalue weighted by atomic mass is 16.6. The predicted molar refractivity (Wildman–Crippen MR) is 284 cm³/mol. The van der Waals surface area contributed by atoms with E-state index in [1.165, 1.54) is 199 Å². The number of allylic oxidation sites excluding steroid dienone is 6. The van der Waals surface area contributed by atoms with Gasteiger partial charge in [0.1, 0.15) is 13.2 Å². The molecule has 1 atom stereocenters. The van der Waals surface area contributed by atoms with Gasteiger partial charge in [0, 0.05) is 19.3 Å². The summed E-state index contributed by atoms with van der Waals surface area (Å²) in [4.78, 5) is 37.8. The normalized spacial score (nSPS) is 12.2. The lowest BCUT2D eigenvalue weighted by Crippen LogP contribution is -2.30. The number of carbonyl (C=O) groups excluding carboxylic acids is 3. The molecule has 0 aliphatic rings. The topological polar surface area (TPSA) is 78.9 Å². The standard InChI is InChI=1S/C60H110O6/c1-4-7-10-13-16-18-20-22-23-24-25-26-27-28-29-30-31-32-33-34-35-36-37-39-40-42-44-47-50-53-59(62)65-56-57(55-64-58(61)52-49-46-15-12-9-6-3)66-60(63)54-51-48-45-43-41-38-21-19-17-14-11-8-5-2/h19-22,24-25,57H,4-18,23,26-56H2,1-3H3/b21-19-,22-20-,25-24-. The highest BCUT2D eigenvalue weighted by Crippen LogP contribution is 2.16. The summed E-state index contributed by atoms with van der Waals surface area (Å²) in [6, 6.07) is 0. The maximum absolute atomic E-state index is 12.7. The molecule has 6 heteroatoms. The van der Waals surface area contributed by atoms with Crippen molar-refractivity contribution in [3.8, 4) is 0 Å². The Morgan fingerprint density at radius 2 is 0.545 bits per heavy atom. The van der Waals surface area contributed by atoms with Gasteiger partial charge in [0.05, 0.1) is 0 Å². The van der Waals surface area contributed by atoms with Crippen LogP contribution in [0.1, 0.15) is 310 Å². The third-order valence-electron chi connectivity index (χ3n) is 12.9. The van der Waals surface area contributed by atoms with E-state index < -0.39 is 6.10 Å². The Kier molecular flexibility index (Phi) is 53.2. The van der Waals surface area contributed by atoms with Gasteiger partial charge in [-0.2, -0.15) is 0 Å². The van der Waals surface area contributed by atoms with E-state index in [1.807, 2.05) is 0 Å². The molecule has 0 aliphatic carbocycles. The zero-order valence-electron chi connectivity index (χ0n) is 44.2. The molecule has 0 aromatic heterocycles. The van der Waals surface area contributed by atoms with E-state index >= 15 is 0 Å². The molecular formula is C60H110O6. The van der Waals surface area contributed by atoms with Crippen LogP contribution in [0.25, 0.3) is 0 Å². The van der Waals surface area contributed by atoms with Crippen LogP contribution in [-0.4, -0.2) is 37.2 Å². The molecule has 0 heterocycles. The number of unbranched alkanes of at least 4 members (excludes halogenated alkanes) is 36. The van der Waals surface area contributed by atoms with Gasteiger partial charge >= 0.3 is 17.9 Å². The highest BCUT2D eigenvalue weighted by Gasteiger charge is 2.19. The van der Waals surface area contributed by atoms with Crippen LogP contribution in [0.3, 0.4) is 0 Å². The van der Waals surface area contributed by atoms with E-state index in [4.69, 9.17) is 14.2 Å². The lowest BCUT2D eigenvalue weighted by atomic mass is 10.0. The minimum absolute atomic E-state index is 0.0721. The van der Waals surface area contributed by atoms with Crippen molar-refractivity contribution in [2.75, 3.05) is 13.2 Å². The largest absolute Gasteiger partial charge is 0.462 e. The zero-order chi connectivity index (χ0) is 47.9. The molecule has 0 rings (SSSR count). The van der Waals surface area contributed by atoms with E-state index in [-0.39, 0.29) is 31.1 Å². The summed E-state index contributed by atoms with van der Waals surface area (Å²) in [6.45, 7) is 6.57. The van der Waals surface area contributed by atoms with Crippen LogP contribution in [0.2, 0.25) is 0 Å². The van der Waals surface area contributed by atoms with Crippen molar-refractivity contribution in [2.24, 2.45) is 0 Å². The predicted octanol–water partition coefficient (Wildman–Crippen LogP) is 19.3. The monoisotopic (exact) mass is 927 g/mol. The fraction of sp³-hybridized carbons (Fsp3) is 0.850. The summed E-state index contributed by atoms with van der Waals surface area (Å²) in [5.74, 6) is -0.878. The minimum Gasteiger partial charge on any atom is -0.462 e. The third-order valence-corrected chi connectivity index (χ3v) is 12.9. The average molecular weight is 928 g/mol. The first-order valence-corrected chi connectivity index (χ1v) is 29.0. The van der Waals surface area contributed by atoms with Gasteiger partial charge in [0.15, 0.2) is 6.10 Å². The molecule has 0 aliphatic heterocycles. The Balaban J connectivity index is 3.98. The van der Waals surface area contributed by atoms with Crippen molar-refractivity contribution in [2.45, 2.75) is 316 Å². The van der Waals surface area contributed by atoms with Crippen molar-refractivity contribution < 1.29 is 28.6 Å². The molecule has 0 fully saturated rings. The zero-order valence-corrected chi connectivity index (χ0v) is 44.2. The first-order chi connectivity index (χ1) is 32.5. The molecule has 0 bridgehead atoms. The number of esters is 3. The summed E-state index contributed by atoms with van der Waals surface area (Å²) in [7, 11) is 0. The molecule has 6 nitrogen and oxygen atoms in total. The second kappa shape index (κ2) is 55.2. The lowest BCUT2D eigenvalue weighted by Gasteiger charge is -2.18. The quantitative estimate of drug-likeness (QED) is 0.0262. The van der Waals surface area contributed by atoms with E-state index in [1.54, 1.807) is 0 Å². The molecule has 0 saturated heterocycles. The van der Waals surface area contributed by atoms with Crippen molar-refractivity contribution in [1.29, 1.82) is 0 Å². The fourth-order valence-corrected chi connectivity index (χ4v) is 8.47. The fourth-order valence-electron chi connectivity index (χ4n) is 8.47. The Morgan fingerprint density at radius 1 is 0.303 bits per heavy atom. The minimum atomic E-state index is -0.769. The number of ether oxygens (including phenoxy) is 3. The Morgan fingerprint density at radius 3 is 0.864 bits per heavy atom. The van der Waals surface area contributed by atoms with E-state index in [9.17, 15) is 14.4 Å². The Labute approximate surface area is 410 Å². The van der Waals surface area contributed by atoms with E-state index in [0.717, 1.165) is 70.6 Å². The van der Waals surface area contributed by atoms with Crippen LogP contribution in [-0.2, 0) is 28.6 Å². The maximum atomic E-state index is 12.7. The second-order valence-electron chi connectivity index (χ2n) is 19.6.